The first-order valence-corrected chi connectivity index (χ1v) is 5.62. The van der Waals surface area contributed by atoms with Crippen molar-refractivity contribution in [1.29, 1.82) is 0 Å². The van der Waals surface area contributed by atoms with Crippen molar-refractivity contribution in [2.75, 3.05) is 0 Å². The Hall–Kier alpha value is -1.35. The van der Waals surface area contributed by atoms with E-state index in [1.807, 2.05) is 44.2 Å². The third kappa shape index (κ3) is 4.45. The summed E-state index contributed by atoms with van der Waals surface area (Å²) < 4.78 is 0. The molecule has 1 aromatic rings. The summed E-state index contributed by atoms with van der Waals surface area (Å²) in [4.78, 5) is 11.4. The number of hydrogen-bond acceptors (Lipinski definition) is 2. The first-order chi connectivity index (χ1) is 7.59. The molecule has 1 atom stereocenters. The van der Waals surface area contributed by atoms with Crippen LogP contribution in [0.4, 0.5) is 0 Å². The molecule has 0 aromatic heterocycles. The monoisotopic (exact) mass is 221 g/mol. The fourth-order valence-corrected chi connectivity index (χ4v) is 1.50. The summed E-state index contributed by atoms with van der Waals surface area (Å²) in [6, 6.07) is 9.55. The Balaban J connectivity index is 2.36. The van der Waals surface area contributed by atoms with Crippen molar-refractivity contribution < 1.29 is 9.90 Å². The SMILES string of the molecule is CC(C)NC(=O)CCC(O)c1ccccc1. The van der Waals surface area contributed by atoms with Crippen molar-refractivity contribution in [2.24, 2.45) is 0 Å². The largest absolute Gasteiger partial charge is 0.388 e. The van der Waals surface area contributed by atoms with E-state index in [1.54, 1.807) is 0 Å². The maximum Gasteiger partial charge on any atom is 0.220 e. The Kier molecular flexibility index (Phi) is 4.99. The van der Waals surface area contributed by atoms with Gasteiger partial charge in [-0.1, -0.05) is 30.3 Å². The minimum atomic E-state index is -0.556. The predicted octanol–water partition coefficient (Wildman–Crippen LogP) is 2.02. The fourth-order valence-electron chi connectivity index (χ4n) is 1.50. The van der Waals surface area contributed by atoms with Gasteiger partial charge in [-0.2, -0.15) is 0 Å². The summed E-state index contributed by atoms with van der Waals surface area (Å²) in [6.45, 7) is 3.84. The van der Waals surface area contributed by atoms with Crippen LogP contribution in [0.15, 0.2) is 30.3 Å². The lowest BCUT2D eigenvalue weighted by Gasteiger charge is -2.12. The number of benzene rings is 1. The molecule has 3 heteroatoms. The maximum absolute atomic E-state index is 11.4. The summed E-state index contributed by atoms with van der Waals surface area (Å²) in [5.74, 6) is -0.00928. The summed E-state index contributed by atoms with van der Waals surface area (Å²) in [5.41, 5.74) is 0.861. The number of nitrogens with one attached hydrogen (secondary N) is 1. The molecule has 0 saturated heterocycles. The van der Waals surface area contributed by atoms with Crippen LogP contribution < -0.4 is 5.32 Å². The fraction of sp³-hybridized carbons (Fsp3) is 0.462. The van der Waals surface area contributed by atoms with Gasteiger partial charge in [-0.15, -0.1) is 0 Å². The topological polar surface area (TPSA) is 49.3 Å². The molecule has 0 aliphatic heterocycles. The molecule has 0 heterocycles. The van der Waals surface area contributed by atoms with Gasteiger partial charge >= 0.3 is 0 Å². The second-order valence-electron chi connectivity index (χ2n) is 4.19. The standard InChI is InChI=1S/C13H19NO2/c1-10(2)14-13(16)9-8-12(15)11-6-4-3-5-7-11/h3-7,10,12,15H,8-9H2,1-2H3,(H,14,16). The molecule has 0 saturated carbocycles. The third-order valence-electron chi connectivity index (χ3n) is 2.28. The first-order valence-electron chi connectivity index (χ1n) is 5.62. The Bertz CT molecular complexity index is 322. The average Bonchev–Trinajstić information content (AvgIpc) is 2.26. The quantitative estimate of drug-likeness (QED) is 0.799. The Morgan fingerprint density at radius 3 is 2.50 bits per heavy atom. The zero-order valence-electron chi connectivity index (χ0n) is 9.81. The number of hydrogen-bond donors (Lipinski definition) is 2. The Morgan fingerprint density at radius 1 is 1.31 bits per heavy atom. The summed E-state index contributed by atoms with van der Waals surface area (Å²) in [6.07, 6.45) is 0.260. The van der Waals surface area contributed by atoms with Crippen molar-refractivity contribution in [1.82, 2.24) is 5.32 Å². The van der Waals surface area contributed by atoms with Crippen LogP contribution in [0.1, 0.15) is 38.4 Å². The highest BCUT2D eigenvalue weighted by atomic mass is 16.3. The highest BCUT2D eigenvalue weighted by Crippen LogP contribution is 2.17. The normalized spacial score (nSPS) is 12.5. The average molecular weight is 221 g/mol. The lowest BCUT2D eigenvalue weighted by molar-refractivity contribution is -0.122. The molecule has 1 rings (SSSR count). The highest BCUT2D eigenvalue weighted by Gasteiger charge is 2.10. The minimum Gasteiger partial charge on any atom is -0.388 e. The van der Waals surface area contributed by atoms with Crippen molar-refractivity contribution in [3.05, 3.63) is 35.9 Å². The number of rotatable bonds is 5. The van der Waals surface area contributed by atoms with Crippen LogP contribution in [0.3, 0.4) is 0 Å². The number of amides is 1. The molecule has 0 radical (unpaired) electrons. The lowest BCUT2D eigenvalue weighted by Crippen LogP contribution is -2.30. The van der Waals surface area contributed by atoms with Gasteiger partial charge in [0, 0.05) is 12.5 Å². The first kappa shape index (κ1) is 12.7. The molecule has 16 heavy (non-hydrogen) atoms. The molecule has 0 aliphatic carbocycles. The van der Waals surface area contributed by atoms with E-state index < -0.39 is 6.10 Å². The number of aliphatic hydroxyl groups is 1. The van der Waals surface area contributed by atoms with E-state index in [4.69, 9.17) is 0 Å². The van der Waals surface area contributed by atoms with E-state index >= 15 is 0 Å². The third-order valence-corrected chi connectivity index (χ3v) is 2.28. The van der Waals surface area contributed by atoms with Gasteiger partial charge in [-0.05, 0) is 25.8 Å². The summed E-state index contributed by atoms with van der Waals surface area (Å²) in [7, 11) is 0. The molecule has 88 valence electrons. The summed E-state index contributed by atoms with van der Waals surface area (Å²) in [5, 5.41) is 12.6. The van der Waals surface area contributed by atoms with Crippen LogP contribution in [-0.4, -0.2) is 17.1 Å². The van der Waals surface area contributed by atoms with Crippen molar-refractivity contribution >= 4 is 5.91 Å². The van der Waals surface area contributed by atoms with Crippen molar-refractivity contribution in [2.45, 2.75) is 38.8 Å². The van der Waals surface area contributed by atoms with Crippen molar-refractivity contribution in [3.63, 3.8) is 0 Å². The van der Waals surface area contributed by atoms with E-state index in [-0.39, 0.29) is 11.9 Å². The van der Waals surface area contributed by atoms with E-state index in [0.29, 0.717) is 12.8 Å². The molecule has 0 fully saturated rings. The zero-order valence-corrected chi connectivity index (χ0v) is 9.81. The van der Waals surface area contributed by atoms with Crippen LogP contribution in [0.25, 0.3) is 0 Å². The van der Waals surface area contributed by atoms with E-state index in [2.05, 4.69) is 5.32 Å². The number of carbonyl (C=O) groups excluding carboxylic acids is 1. The second kappa shape index (κ2) is 6.28. The molecule has 2 N–H and O–H groups in total. The van der Waals surface area contributed by atoms with Crippen LogP contribution >= 0.6 is 0 Å². The molecule has 0 spiro atoms. The van der Waals surface area contributed by atoms with Crippen LogP contribution in [-0.2, 0) is 4.79 Å². The zero-order chi connectivity index (χ0) is 12.0. The van der Waals surface area contributed by atoms with Crippen LogP contribution in [0, 0.1) is 0 Å². The summed E-state index contributed by atoms with van der Waals surface area (Å²) >= 11 is 0. The lowest BCUT2D eigenvalue weighted by atomic mass is 10.0. The molecule has 0 aliphatic rings. The molecule has 1 amide bonds. The van der Waals surface area contributed by atoms with E-state index in [9.17, 15) is 9.90 Å². The molecular formula is C13H19NO2. The molecule has 1 unspecified atom stereocenters. The van der Waals surface area contributed by atoms with E-state index in [1.165, 1.54) is 0 Å². The Morgan fingerprint density at radius 2 is 1.94 bits per heavy atom. The van der Waals surface area contributed by atoms with Gasteiger partial charge in [0.1, 0.15) is 0 Å². The Labute approximate surface area is 96.5 Å². The predicted molar refractivity (Wildman–Crippen MR) is 63.9 cm³/mol. The molecular weight excluding hydrogens is 202 g/mol. The molecule has 3 nitrogen and oxygen atoms in total. The smallest absolute Gasteiger partial charge is 0.220 e. The molecule has 1 aromatic carbocycles. The van der Waals surface area contributed by atoms with Gasteiger partial charge in [0.05, 0.1) is 6.10 Å². The minimum absolute atomic E-state index is 0.00928. The van der Waals surface area contributed by atoms with Gasteiger partial charge in [0.25, 0.3) is 0 Å². The van der Waals surface area contributed by atoms with Gasteiger partial charge in [-0.25, -0.2) is 0 Å². The highest BCUT2D eigenvalue weighted by molar-refractivity contribution is 5.76. The van der Waals surface area contributed by atoms with Gasteiger partial charge in [-0.3, -0.25) is 4.79 Å². The van der Waals surface area contributed by atoms with Gasteiger partial charge in [0.15, 0.2) is 0 Å². The number of carbonyl (C=O) groups is 1. The second-order valence-corrected chi connectivity index (χ2v) is 4.19. The maximum atomic E-state index is 11.4. The van der Waals surface area contributed by atoms with Gasteiger partial charge < -0.3 is 10.4 Å². The molecule has 0 bridgehead atoms. The van der Waals surface area contributed by atoms with Crippen molar-refractivity contribution in [3.8, 4) is 0 Å². The number of aliphatic hydroxyl groups excluding tert-OH is 1. The van der Waals surface area contributed by atoms with Crippen LogP contribution in [0.2, 0.25) is 0 Å². The van der Waals surface area contributed by atoms with Crippen LogP contribution in [0.5, 0.6) is 0 Å². The van der Waals surface area contributed by atoms with E-state index in [0.717, 1.165) is 5.56 Å². The van der Waals surface area contributed by atoms with Gasteiger partial charge in [0.2, 0.25) is 5.91 Å².